The molecule has 3 heteroatoms. The lowest BCUT2D eigenvalue weighted by atomic mass is 10.1. The van der Waals surface area contributed by atoms with Gasteiger partial charge in [0.05, 0.1) is 5.00 Å². The minimum atomic E-state index is 0.764. The van der Waals surface area contributed by atoms with E-state index < -0.39 is 0 Å². The molecule has 1 aliphatic heterocycles. The van der Waals surface area contributed by atoms with Crippen molar-refractivity contribution in [1.82, 2.24) is 0 Å². The predicted octanol–water partition coefficient (Wildman–Crippen LogP) is 2.24. The Morgan fingerprint density at radius 1 is 1.21 bits per heavy atom. The largest absolute Gasteiger partial charge is 0.363 e. The summed E-state index contributed by atoms with van der Waals surface area (Å²) >= 11 is 1.91. The zero-order chi connectivity index (χ0) is 9.80. The van der Waals surface area contributed by atoms with Crippen molar-refractivity contribution in [3.63, 3.8) is 0 Å². The molecule has 0 aliphatic carbocycles. The maximum Gasteiger partial charge on any atom is 0.0911 e. The molecule has 2 rings (SSSR count). The van der Waals surface area contributed by atoms with Crippen molar-refractivity contribution in [2.45, 2.75) is 25.7 Å². The van der Waals surface area contributed by atoms with Crippen LogP contribution in [0, 0.1) is 0 Å². The highest BCUT2D eigenvalue weighted by Gasteiger charge is 2.12. The smallest absolute Gasteiger partial charge is 0.0911 e. The first-order chi connectivity index (χ1) is 6.90. The van der Waals surface area contributed by atoms with E-state index in [4.69, 9.17) is 5.73 Å². The molecule has 0 atom stereocenters. The topological polar surface area (TPSA) is 29.3 Å². The minimum absolute atomic E-state index is 0.764. The van der Waals surface area contributed by atoms with Crippen LogP contribution in [-0.2, 0) is 6.42 Å². The molecule has 0 amide bonds. The Balaban J connectivity index is 2.00. The number of hydrogen-bond acceptors (Lipinski definition) is 3. The molecule has 2 N–H and O–H groups in total. The van der Waals surface area contributed by atoms with Crippen molar-refractivity contribution in [2.75, 3.05) is 24.5 Å². The van der Waals surface area contributed by atoms with Crippen LogP contribution < -0.4 is 10.6 Å². The van der Waals surface area contributed by atoms with Crippen LogP contribution in [0.15, 0.2) is 12.1 Å². The molecule has 78 valence electrons. The first-order valence-corrected chi connectivity index (χ1v) is 6.25. The average molecular weight is 210 g/mol. The second kappa shape index (κ2) is 4.80. The van der Waals surface area contributed by atoms with Gasteiger partial charge in [-0.25, -0.2) is 0 Å². The summed E-state index contributed by atoms with van der Waals surface area (Å²) in [4.78, 5) is 3.93. The van der Waals surface area contributed by atoms with Crippen LogP contribution in [0.25, 0.3) is 0 Å². The Morgan fingerprint density at radius 2 is 2.00 bits per heavy atom. The molecule has 1 fully saturated rings. The summed E-state index contributed by atoms with van der Waals surface area (Å²) in [6, 6.07) is 4.47. The lowest BCUT2D eigenvalue weighted by Gasteiger charge is -2.27. The van der Waals surface area contributed by atoms with Gasteiger partial charge in [0.1, 0.15) is 0 Å². The lowest BCUT2D eigenvalue weighted by molar-refractivity contribution is 0.580. The van der Waals surface area contributed by atoms with Crippen LogP contribution in [0.4, 0.5) is 5.00 Å². The standard InChI is InChI=1S/C11H18N2S/c12-7-6-10-4-5-11(14-10)13-8-2-1-3-9-13/h4-5H,1-3,6-9,12H2. The number of nitrogens with zero attached hydrogens (tertiary/aromatic N) is 1. The Labute approximate surface area is 89.7 Å². The van der Waals surface area contributed by atoms with Gasteiger partial charge in [-0.15, -0.1) is 11.3 Å². The molecule has 0 unspecified atom stereocenters. The third-order valence-electron chi connectivity index (χ3n) is 2.71. The maximum absolute atomic E-state index is 5.54. The molecule has 1 aromatic heterocycles. The second-order valence-electron chi connectivity index (χ2n) is 3.83. The summed E-state index contributed by atoms with van der Waals surface area (Å²) in [5, 5.41) is 1.44. The number of thiophene rings is 1. The predicted molar refractivity (Wildman–Crippen MR) is 63.1 cm³/mol. The van der Waals surface area contributed by atoms with Crippen LogP contribution in [0.3, 0.4) is 0 Å². The highest BCUT2D eigenvalue weighted by atomic mass is 32.1. The fraction of sp³-hybridized carbons (Fsp3) is 0.636. The molecular weight excluding hydrogens is 192 g/mol. The van der Waals surface area contributed by atoms with Gasteiger partial charge in [0.15, 0.2) is 0 Å². The van der Waals surface area contributed by atoms with Gasteiger partial charge < -0.3 is 10.6 Å². The Morgan fingerprint density at radius 3 is 2.71 bits per heavy atom. The molecule has 14 heavy (non-hydrogen) atoms. The summed E-state index contributed by atoms with van der Waals surface area (Å²) in [7, 11) is 0. The molecule has 2 heterocycles. The van der Waals surface area contributed by atoms with Crippen molar-refractivity contribution in [3.05, 3.63) is 17.0 Å². The molecule has 0 radical (unpaired) electrons. The fourth-order valence-electron chi connectivity index (χ4n) is 1.93. The fourth-order valence-corrected chi connectivity index (χ4v) is 3.00. The van der Waals surface area contributed by atoms with E-state index in [1.165, 1.54) is 42.2 Å². The van der Waals surface area contributed by atoms with E-state index in [0.29, 0.717) is 0 Å². The van der Waals surface area contributed by atoms with Crippen molar-refractivity contribution >= 4 is 16.3 Å². The molecular formula is C11H18N2S. The molecule has 0 bridgehead atoms. The van der Waals surface area contributed by atoms with Gasteiger partial charge in [0, 0.05) is 18.0 Å². The van der Waals surface area contributed by atoms with E-state index in [1.54, 1.807) is 0 Å². The van der Waals surface area contributed by atoms with Crippen LogP contribution in [0.2, 0.25) is 0 Å². The number of anilines is 1. The zero-order valence-corrected chi connectivity index (χ0v) is 9.35. The van der Waals surface area contributed by atoms with Crippen LogP contribution in [0.1, 0.15) is 24.1 Å². The number of rotatable bonds is 3. The number of nitrogens with two attached hydrogens (primary N) is 1. The van der Waals surface area contributed by atoms with Crippen LogP contribution in [-0.4, -0.2) is 19.6 Å². The monoisotopic (exact) mass is 210 g/mol. The average Bonchev–Trinajstić information content (AvgIpc) is 2.68. The third kappa shape index (κ3) is 2.28. The number of piperidine rings is 1. The summed E-state index contributed by atoms with van der Waals surface area (Å²) in [6.07, 6.45) is 5.13. The van der Waals surface area contributed by atoms with Crippen molar-refractivity contribution in [1.29, 1.82) is 0 Å². The zero-order valence-electron chi connectivity index (χ0n) is 8.54. The Hall–Kier alpha value is -0.540. The highest BCUT2D eigenvalue weighted by Crippen LogP contribution is 2.28. The SMILES string of the molecule is NCCc1ccc(N2CCCCC2)s1. The second-order valence-corrected chi connectivity index (χ2v) is 4.97. The van der Waals surface area contributed by atoms with E-state index >= 15 is 0 Å². The Kier molecular flexibility index (Phi) is 3.43. The van der Waals surface area contributed by atoms with E-state index in [0.717, 1.165) is 13.0 Å². The summed E-state index contributed by atoms with van der Waals surface area (Å²) in [5.74, 6) is 0. The Bertz CT molecular complexity index is 277. The summed E-state index contributed by atoms with van der Waals surface area (Å²) < 4.78 is 0. The van der Waals surface area contributed by atoms with Gasteiger partial charge in [-0.2, -0.15) is 0 Å². The normalized spacial score (nSPS) is 17.4. The third-order valence-corrected chi connectivity index (χ3v) is 3.91. The van der Waals surface area contributed by atoms with E-state index in [1.807, 2.05) is 11.3 Å². The molecule has 0 saturated carbocycles. The maximum atomic E-state index is 5.54. The molecule has 1 aliphatic rings. The van der Waals surface area contributed by atoms with Crippen molar-refractivity contribution < 1.29 is 0 Å². The van der Waals surface area contributed by atoms with Gasteiger partial charge >= 0.3 is 0 Å². The van der Waals surface area contributed by atoms with E-state index in [9.17, 15) is 0 Å². The van der Waals surface area contributed by atoms with Gasteiger partial charge in [0.25, 0.3) is 0 Å². The van der Waals surface area contributed by atoms with Crippen LogP contribution in [0.5, 0.6) is 0 Å². The first kappa shape index (κ1) is 9.99. The van der Waals surface area contributed by atoms with Gasteiger partial charge in [0.2, 0.25) is 0 Å². The first-order valence-electron chi connectivity index (χ1n) is 5.44. The van der Waals surface area contributed by atoms with E-state index in [-0.39, 0.29) is 0 Å². The molecule has 1 saturated heterocycles. The minimum Gasteiger partial charge on any atom is -0.363 e. The highest BCUT2D eigenvalue weighted by molar-refractivity contribution is 7.16. The summed E-state index contributed by atoms with van der Waals surface area (Å²) in [5.41, 5.74) is 5.54. The van der Waals surface area contributed by atoms with Crippen LogP contribution >= 0.6 is 11.3 Å². The molecule has 1 aromatic rings. The van der Waals surface area contributed by atoms with Gasteiger partial charge in [-0.3, -0.25) is 0 Å². The quantitative estimate of drug-likeness (QED) is 0.829. The number of hydrogen-bond donors (Lipinski definition) is 1. The molecule has 2 nitrogen and oxygen atoms in total. The molecule has 0 spiro atoms. The van der Waals surface area contributed by atoms with Crippen molar-refractivity contribution in [2.24, 2.45) is 5.73 Å². The molecule has 0 aromatic carbocycles. The van der Waals surface area contributed by atoms with E-state index in [2.05, 4.69) is 17.0 Å². The van der Waals surface area contributed by atoms with Crippen molar-refractivity contribution in [3.8, 4) is 0 Å². The summed E-state index contributed by atoms with van der Waals surface area (Å²) in [6.45, 7) is 3.24. The van der Waals surface area contributed by atoms with Gasteiger partial charge in [-0.1, -0.05) is 0 Å². The lowest BCUT2D eigenvalue weighted by Crippen LogP contribution is -2.28. The van der Waals surface area contributed by atoms with Gasteiger partial charge in [-0.05, 0) is 44.4 Å².